The first-order chi connectivity index (χ1) is 14.8. The maximum absolute atomic E-state index is 13.0. The largest absolute Gasteiger partial charge is 0.507 e. The number of anilines is 1. The van der Waals surface area contributed by atoms with Gasteiger partial charge in [-0.05, 0) is 36.8 Å². The third kappa shape index (κ3) is 3.66. The van der Waals surface area contributed by atoms with E-state index in [0.717, 1.165) is 0 Å². The van der Waals surface area contributed by atoms with Gasteiger partial charge in [0.1, 0.15) is 17.3 Å². The van der Waals surface area contributed by atoms with Gasteiger partial charge in [-0.15, -0.1) is 0 Å². The first kappa shape index (κ1) is 21.0. The van der Waals surface area contributed by atoms with Crippen molar-refractivity contribution in [1.82, 2.24) is 5.16 Å². The van der Waals surface area contributed by atoms with Gasteiger partial charge in [-0.3, -0.25) is 14.5 Å². The summed E-state index contributed by atoms with van der Waals surface area (Å²) in [5.41, 5.74) is 0.676. The minimum Gasteiger partial charge on any atom is -0.507 e. The van der Waals surface area contributed by atoms with Gasteiger partial charge in [0.25, 0.3) is 5.78 Å². The van der Waals surface area contributed by atoms with Gasteiger partial charge in [0.2, 0.25) is 0 Å². The van der Waals surface area contributed by atoms with E-state index in [-0.39, 0.29) is 22.2 Å². The zero-order valence-corrected chi connectivity index (χ0v) is 17.9. The second kappa shape index (κ2) is 8.09. The quantitative estimate of drug-likeness (QED) is 0.338. The summed E-state index contributed by atoms with van der Waals surface area (Å²) in [5, 5.41) is 15.5. The van der Waals surface area contributed by atoms with Crippen LogP contribution in [0.3, 0.4) is 0 Å². The number of nitrogens with zero attached hydrogens (tertiary/aromatic N) is 2. The molecule has 7 nitrogen and oxygen atoms in total. The van der Waals surface area contributed by atoms with Crippen LogP contribution in [0.15, 0.2) is 58.6 Å². The Hall–Kier alpha value is -3.29. The van der Waals surface area contributed by atoms with Crippen LogP contribution in [0.4, 0.5) is 5.82 Å². The number of carbonyl (C=O) groups excluding carboxylic acids is 2. The van der Waals surface area contributed by atoms with Crippen molar-refractivity contribution in [3.63, 3.8) is 0 Å². The average molecular weight is 459 g/mol. The topological polar surface area (TPSA) is 92.9 Å². The van der Waals surface area contributed by atoms with E-state index in [1.807, 2.05) is 0 Å². The molecule has 0 unspecified atom stereocenters. The highest BCUT2D eigenvalue weighted by Crippen LogP contribution is 2.43. The molecule has 4 rings (SSSR count). The molecule has 0 radical (unpaired) electrons. The molecule has 1 aliphatic heterocycles. The number of benzene rings is 2. The SMILES string of the molecule is COc1cccc(/C(O)=C2\C(=O)C(=O)N(c3cc(C)on3)[C@H]2c2ccc(Cl)c(Cl)c2)c1. The molecule has 1 fully saturated rings. The number of ketones is 1. The van der Waals surface area contributed by atoms with Gasteiger partial charge in [-0.1, -0.05) is 46.6 Å². The van der Waals surface area contributed by atoms with Crippen molar-refractivity contribution in [2.45, 2.75) is 13.0 Å². The number of rotatable bonds is 4. The highest BCUT2D eigenvalue weighted by atomic mass is 35.5. The van der Waals surface area contributed by atoms with Crippen LogP contribution >= 0.6 is 23.2 Å². The van der Waals surface area contributed by atoms with Crippen LogP contribution in [-0.2, 0) is 9.59 Å². The number of aryl methyl sites for hydroxylation is 1. The van der Waals surface area contributed by atoms with E-state index < -0.39 is 17.7 Å². The van der Waals surface area contributed by atoms with Gasteiger partial charge >= 0.3 is 5.91 Å². The minimum absolute atomic E-state index is 0.114. The van der Waals surface area contributed by atoms with Crippen LogP contribution in [0.2, 0.25) is 10.0 Å². The summed E-state index contributed by atoms with van der Waals surface area (Å²) in [6.45, 7) is 1.66. The normalized spacial score (nSPS) is 17.9. The average Bonchev–Trinajstić information content (AvgIpc) is 3.30. The standard InChI is InChI=1S/C22H16Cl2N2O5/c1-11-8-17(25-31-11)26-19(12-6-7-15(23)16(24)10-12)18(21(28)22(26)29)20(27)13-4-3-5-14(9-13)30-2/h3-10,19,27H,1-2H3/b20-18+/t19-/m0/s1. The fourth-order valence-electron chi connectivity index (χ4n) is 3.46. The van der Waals surface area contributed by atoms with Gasteiger partial charge in [-0.25, -0.2) is 0 Å². The third-order valence-electron chi connectivity index (χ3n) is 4.91. The van der Waals surface area contributed by atoms with Crippen LogP contribution < -0.4 is 9.64 Å². The maximum atomic E-state index is 13.0. The summed E-state index contributed by atoms with van der Waals surface area (Å²) in [6.07, 6.45) is 0. The molecule has 158 valence electrons. The number of ether oxygens (including phenoxy) is 1. The molecule has 31 heavy (non-hydrogen) atoms. The Morgan fingerprint density at radius 3 is 2.55 bits per heavy atom. The van der Waals surface area contributed by atoms with E-state index in [1.165, 1.54) is 18.1 Å². The Bertz CT molecular complexity index is 1230. The maximum Gasteiger partial charge on any atom is 0.301 e. The molecule has 0 aliphatic carbocycles. The lowest BCUT2D eigenvalue weighted by Gasteiger charge is -2.23. The molecule has 1 amide bonds. The van der Waals surface area contributed by atoms with Crippen molar-refractivity contribution in [2.75, 3.05) is 12.0 Å². The third-order valence-corrected chi connectivity index (χ3v) is 5.65. The molecule has 0 bridgehead atoms. The molecule has 1 atom stereocenters. The predicted molar refractivity (Wildman–Crippen MR) is 115 cm³/mol. The summed E-state index contributed by atoms with van der Waals surface area (Å²) in [6, 6.07) is 11.8. The number of aliphatic hydroxyl groups excluding tert-OH is 1. The van der Waals surface area contributed by atoms with E-state index in [9.17, 15) is 14.7 Å². The smallest absolute Gasteiger partial charge is 0.301 e. The van der Waals surface area contributed by atoms with Crippen molar-refractivity contribution in [3.8, 4) is 5.75 Å². The summed E-state index contributed by atoms with van der Waals surface area (Å²) >= 11 is 12.2. The molecule has 2 heterocycles. The first-order valence-electron chi connectivity index (χ1n) is 9.15. The number of aromatic nitrogens is 1. The van der Waals surface area contributed by atoms with Crippen LogP contribution in [-0.4, -0.2) is 29.1 Å². The zero-order valence-electron chi connectivity index (χ0n) is 16.4. The number of halogens is 2. The summed E-state index contributed by atoms with van der Waals surface area (Å²) < 4.78 is 10.3. The van der Waals surface area contributed by atoms with Crippen LogP contribution in [0, 0.1) is 6.92 Å². The lowest BCUT2D eigenvalue weighted by atomic mass is 9.95. The van der Waals surface area contributed by atoms with Crippen LogP contribution in [0.1, 0.15) is 22.9 Å². The number of carbonyl (C=O) groups is 2. The van der Waals surface area contributed by atoms with Crippen LogP contribution in [0.5, 0.6) is 5.75 Å². The van der Waals surface area contributed by atoms with Gasteiger partial charge < -0.3 is 14.4 Å². The minimum atomic E-state index is -0.995. The Labute approximate surface area is 187 Å². The number of hydrogen-bond acceptors (Lipinski definition) is 6. The van der Waals surface area contributed by atoms with Crippen molar-refractivity contribution < 1.29 is 24.0 Å². The fourth-order valence-corrected chi connectivity index (χ4v) is 3.77. The molecule has 2 aromatic carbocycles. The fraction of sp³-hybridized carbons (Fsp3) is 0.136. The summed E-state index contributed by atoms with van der Waals surface area (Å²) in [7, 11) is 1.49. The summed E-state index contributed by atoms with van der Waals surface area (Å²) in [5.74, 6) is -0.989. The Balaban J connectivity index is 1.96. The van der Waals surface area contributed by atoms with E-state index in [4.69, 9.17) is 32.5 Å². The lowest BCUT2D eigenvalue weighted by Crippen LogP contribution is -2.29. The zero-order chi connectivity index (χ0) is 22.3. The highest BCUT2D eigenvalue weighted by Gasteiger charge is 2.48. The number of aliphatic hydroxyl groups is 1. The molecule has 1 aliphatic rings. The Morgan fingerprint density at radius 2 is 1.90 bits per heavy atom. The lowest BCUT2D eigenvalue weighted by molar-refractivity contribution is -0.132. The monoisotopic (exact) mass is 458 g/mol. The highest BCUT2D eigenvalue weighted by molar-refractivity contribution is 6.51. The molecule has 0 spiro atoms. The van der Waals surface area contributed by atoms with Crippen LogP contribution in [0.25, 0.3) is 5.76 Å². The van der Waals surface area contributed by atoms with Crippen molar-refractivity contribution in [2.24, 2.45) is 0 Å². The molecule has 3 aromatic rings. The molecular formula is C22H16Cl2N2O5. The second-order valence-corrected chi connectivity index (χ2v) is 7.68. The summed E-state index contributed by atoms with van der Waals surface area (Å²) in [4.78, 5) is 27.2. The second-order valence-electron chi connectivity index (χ2n) is 6.87. The van der Waals surface area contributed by atoms with E-state index in [1.54, 1.807) is 49.4 Å². The Kier molecular flexibility index (Phi) is 5.47. The van der Waals surface area contributed by atoms with E-state index in [0.29, 0.717) is 27.7 Å². The van der Waals surface area contributed by atoms with Gasteiger partial charge in [-0.2, -0.15) is 0 Å². The molecule has 1 aromatic heterocycles. The number of hydrogen-bond donors (Lipinski definition) is 1. The van der Waals surface area contributed by atoms with Crippen molar-refractivity contribution in [1.29, 1.82) is 0 Å². The predicted octanol–water partition coefficient (Wildman–Crippen LogP) is 4.92. The van der Waals surface area contributed by atoms with Gasteiger partial charge in [0.15, 0.2) is 5.82 Å². The number of amides is 1. The molecule has 1 saturated heterocycles. The van der Waals surface area contributed by atoms with Crippen molar-refractivity contribution >= 4 is 46.5 Å². The Morgan fingerprint density at radius 1 is 1.13 bits per heavy atom. The number of methoxy groups -OCH3 is 1. The number of Topliss-reactive ketones (excluding diaryl/α,β-unsaturated/α-hetero) is 1. The molecular weight excluding hydrogens is 443 g/mol. The molecule has 9 heteroatoms. The first-order valence-corrected chi connectivity index (χ1v) is 9.91. The molecule has 0 saturated carbocycles. The van der Waals surface area contributed by atoms with E-state index >= 15 is 0 Å². The van der Waals surface area contributed by atoms with Gasteiger partial charge in [0.05, 0.1) is 28.8 Å². The van der Waals surface area contributed by atoms with Gasteiger partial charge in [0, 0.05) is 11.6 Å². The molecule has 1 N–H and O–H groups in total. The van der Waals surface area contributed by atoms with Crippen molar-refractivity contribution in [3.05, 3.63) is 81.0 Å². The van der Waals surface area contributed by atoms with E-state index in [2.05, 4.69) is 5.16 Å².